The molecule has 0 spiro atoms. The number of hydrogen-bond donors (Lipinski definition) is 2. The lowest BCUT2D eigenvalue weighted by Gasteiger charge is -2.17. The quantitative estimate of drug-likeness (QED) is 0.554. The molecule has 0 bridgehead atoms. The van der Waals surface area contributed by atoms with Crippen molar-refractivity contribution in [2.24, 2.45) is 0 Å². The first kappa shape index (κ1) is 17.7. The fourth-order valence-corrected chi connectivity index (χ4v) is 3.20. The zero-order valence-corrected chi connectivity index (χ0v) is 15.2. The highest BCUT2D eigenvalue weighted by Crippen LogP contribution is 2.34. The second-order valence-electron chi connectivity index (χ2n) is 5.27. The molecule has 134 valence electrons. The molecule has 0 saturated heterocycles. The SMILES string of the molecule is COC(=O)c1cc(Br)cc(-n2c(N)c3c(cc2=O)C(=O)NC3=O)c1OC. The predicted molar refractivity (Wildman–Crippen MR) is 93.8 cm³/mol. The van der Waals surface area contributed by atoms with Gasteiger partial charge in [-0.05, 0) is 12.1 Å². The van der Waals surface area contributed by atoms with Gasteiger partial charge in [0.05, 0.1) is 31.0 Å². The second-order valence-corrected chi connectivity index (χ2v) is 6.19. The van der Waals surface area contributed by atoms with Crippen molar-refractivity contribution >= 4 is 39.5 Å². The summed E-state index contributed by atoms with van der Waals surface area (Å²) >= 11 is 3.25. The van der Waals surface area contributed by atoms with E-state index in [2.05, 4.69) is 21.2 Å². The van der Waals surface area contributed by atoms with Gasteiger partial charge in [-0.25, -0.2) is 4.79 Å². The van der Waals surface area contributed by atoms with Crippen molar-refractivity contribution in [3.05, 3.63) is 49.7 Å². The van der Waals surface area contributed by atoms with E-state index in [4.69, 9.17) is 15.2 Å². The van der Waals surface area contributed by atoms with E-state index in [1.165, 1.54) is 26.4 Å². The number of anilines is 1. The first-order chi connectivity index (χ1) is 12.3. The van der Waals surface area contributed by atoms with Gasteiger partial charge >= 0.3 is 5.97 Å². The summed E-state index contributed by atoms with van der Waals surface area (Å²) in [7, 11) is 2.51. The summed E-state index contributed by atoms with van der Waals surface area (Å²) in [5, 5.41) is 2.08. The number of nitrogens with one attached hydrogen (secondary N) is 1. The summed E-state index contributed by atoms with van der Waals surface area (Å²) in [6.45, 7) is 0. The van der Waals surface area contributed by atoms with Crippen LogP contribution in [0.1, 0.15) is 31.1 Å². The molecule has 9 nitrogen and oxygen atoms in total. The fourth-order valence-electron chi connectivity index (χ4n) is 2.75. The smallest absolute Gasteiger partial charge is 0.341 e. The normalized spacial score (nSPS) is 12.6. The molecule has 0 atom stereocenters. The molecule has 26 heavy (non-hydrogen) atoms. The third-order valence-electron chi connectivity index (χ3n) is 3.84. The number of fused-ring (bicyclic) bond motifs is 1. The van der Waals surface area contributed by atoms with Gasteiger partial charge in [-0.2, -0.15) is 0 Å². The molecule has 1 aliphatic rings. The Kier molecular flexibility index (Phi) is 4.28. The first-order valence-corrected chi connectivity index (χ1v) is 7.96. The summed E-state index contributed by atoms with van der Waals surface area (Å²) < 4.78 is 11.4. The Hall–Kier alpha value is -3.14. The van der Waals surface area contributed by atoms with Gasteiger partial charge in [-0.1, -0.05) is 15.9 Å². The molecule has 0 unspecified atom stereocenters. The van der Waals surface area contributed by atoms with Gasteiger partial charge in [0.25, 0.3) is 17.4 Å². The number of halogens is 1. The molecule has 10 heteroatoms. The Labute approximate surface area is 154 Å². The number of carbonyl (C=O) groups excluding carboxylic acids is 3. The molecule has 3 N–H and O–H groups in total. The minimum atomic E-state index is -0.710. The lowest BCUT2D eigenvalue weighted by Crippen LogP contribution is -2.25. The Bertz CT molecular complexity index is 1040. The number of pyridine rings is 1. The Morgan fingerprint density at radius 2 is 1.85 bits per heavy atom. The number of hydrogen-bond acceptors (Lipinski definition) is 7. The summed E-state index contributed by atoms with van der Waals surface area (Å²) in [5.41, 5.74) is 5.29. The number of esters is 1. The van der Waals surface area contributed by atoms with E-state index in [1.807, 2.05) is 0 Å². The summed E-state index contributed by atoms with van der Waals surface area (Å²) in [6.07, 6.45) is 0. The highest BCUT2D eigenvalue weighted by molar-refractivity contribution is 9.10. The molecule has 0 radical (unpaired) electrons. The molecule has 3 rings (SSSR count). The first-order valence-electron chi connectivity index (χ1n) is 7.17. The van der Waals surface area contributed by atoms with Crippen LogP contribution in [0.5, 0.6) is 5.75 Å². The highest BCUT2D eigenvalue weighted by Gasteiger charge is 2.33. The maximum atomic E-state index is 12.6. The Balaban J connectivity index is 2.39. The van der Waals surface area contributed by atoms with Gasteiger partial charge in [0.15, 0.2) is 5.75 Å². The van der Waals surface area contributed by atoms with Crippen LogP contribution in [0.2, 0.25) is 0 Å². The van der Waals surface area contributed by atoms with Gasteiger partial charge in [0.1, 0.15) is 11.4 Å². The lowest BCUT2D eigenvalue weighted by molar-refractivity contribution is 0.0596. The van der Waals surface area contributed by atoms with Crippen LogP contribution in [-0.2, 0) is 4.74 Å². The molecule has 0 aliphatic carbocycles. The minimum Gasteiger partial charge on any atom is -0.494 e. The number of ether oxygens (including phenoxy) is 2. The minimum absolute atomic E-state index is 0.0264. The van der Waals surface area contributed by atoms with Crippen LogP contribution in [0.4, 0.5) is 5.82 Å². The standard InChI is InChI=1S/C16H12BrN3O6/c1-25-12-8(16(24)26-2)3-6(17)4-9(12)20-10(21)5-7-11(13(20)18)15(23)19-14(7)22/h3-5H,18H2,1-2H3,(H,19,22,23). The van der Waals surface area contributed by atoms with Crippen molar-refractivity contribution < 1.29 is 23.9 Å². The second kappa shape index (κ2) is 6.30. The number of benzene rings is 1. The van der Waals surface area contributed by atoms with Crippen molar-refractivity contribution in [3.8, 4) is 11.4 Å². The third kappa shape index (κ3) is 2.54. The van der Waals surface area contributed by atoms with Crippen molar-refractivity contribution in [3.63, 3.8) is 0 Å². The maximum absolute atomic E-state index is 12.6. The molecule has 0 saturated carbocycles. The van der Waals surface area contributed by atoms with Crippen LogP contribution in [0, 0.1) is 0 Å². The molecule has 2 aromatic rings. The zero-order valence-electron chi connectivity index (χ0n) is 13.6. The number of nitrogens with zero attached hydrogens (tertiary/aromatic N) is 1. The molecule has 1 aromatic heterocycles. The number of nitrogens with two attached hydrogens (primary N) is 1. The summed E-state index contributed by atoms with van der Waals surface area (Å²) in [5.74, 6) is -2.32. The van der Waals surface area contributed by atoms with Crippen LogP contribution in [0.15, 0.2) is 27.5 Å². The third-order valence-corrected chi connectivity index (χ3v) is 4.30. The van der Waals surface area contributed by atoms with Crippen molar-refractivity contribution in [2.45, 2.75) is 0 Å². The maximum Gasteiger partial charge on any atom is 0.341 e. The van der Waals surface area contributed by atoms with Crippen LogP contribution < -0.4 is 21.3 Å². The number of rotatable bonds is 3. The number of carbonyl (C=O) groups is 3. The highest BCUT2D eigenvalue weighted by atomic mass is 79.9. The van der Waals surface area contributed by atoms with Gasteiger partial charge in [-0.15, -0.1) is 0 Å². The number of aromatic nitrogens is 1. The van der Waals surface area contributed by atoms with Crippen LogP contribution in [0.3, 0.4) is 0 Å². The van der Waals surface area contributed by atoms with Crippen molar-refractivity contribution in [2.75, 3.05) is 20.0 Å². The van der Waals surface area contributed by atoms with Crippen LogP contribution in [-0.4, -0.2) is 36.6 Å². The van der Waals surface area contributed by atoms with E-state index in [-0.39, 0.29) is 33.9 Å². The van der Waals surface area contributed by atoms with E-state index < -0.39 is 23.3 Å². The topological polar surface area (TPSA) is 130 Å². The zero-order chi connectivity index (χ0) is 19.2. The monoisotopic (exact) mass is 421 g/mol. The molecule has 2 amide bonds. The van der Waals surface area contributed by atoms with E-state index >= 15 is 0 Å². The lowest BCUT2D eigenvalue weighted by atomic mass is 10.1. The average Bonchev–Trinajstić information content (AvgIpc) is 2.87. The van der Waals surface area contributed by atoms with Gasteiger partial charge in [-0.3, -0.25) is 24.3 Å². The summed E-state index contributed by atoms with van der Waals surface area (Å²) in [6, 6.07) is 3.95. The predicted octanol–water partition coefficient (Wildman–Crippen LogP) is 0.861. The molecule has 2 heterocycles. The Morgan fingerprint density at radius 3 is 2.46 bits per heavy atom. The van der Waals surface area contributed by atoms with Crippen LogP contribution in [0.25, 0.3) is 5.69 Å². The number of amides is 2. The van der Waals surface area contributed by atoms with Crippen molar-refractivity contribution in [1.29, 1.82) is 0 Å². The summed E-state index contributed by atoms with van der Waals surface area (Å²) in [4.78, 5) is 48.4. The van der Waals surface area contributed by atoms with Gasteiger partial charge < -0.3 is 15.2 Å². The van der Waals surface area contributed by atoms with E-state index in [9.17, 15) is 19.2 Å². The largest absolute Gasteiger partial charge is 0.494 e. The van der Waals surface area contributed by atoms with E-state index in [0.717, 1.165) is 10.6 Å². The number of imide groups is 1. The van der Waals surface area contributed by atoms with E-state index in [1.54, 1.807) is 0 Å². The van der Waals surface area contributed by atoms with Crippen LogP contribution >= 0.6 is 15.9 Å². The number of methoxy groups -OCH3 is 2. The fraction of sp³-hybridized carbons (Fsp3) is 0.125. The number of nitrogen functional groups attached to an aromatic ring is 1. The van der Waals surface area contributed by atoms with Crippen molar-refractivity contribution in [1.82, 2.24) is 9.88 Å². The molecule has 0 fully saturated rings. The van der Waals surface area contributed by atoms with E-state index in [0.29, 0.717) is 4.47 Å². The van der Waals surface area contributed by atoms with Gasteiger partial charge in [0.2, 0.25) is 0 Å². The molecule has 1 aliphatic heterocycles. The molecular formula is C16H12BrN3O6. The molecule has 1 aromatic carbocycles. The average molecular weight is 422 g/mol. The molecular weight excluding hydrogens is 410 g/mol. The Morgan fingerprint density at radius 1 is 1.15 bits per heavy atom. The van der Waals surface area contributed by atoms with Gasteiger partial charge in [0, 0.05) is 10.5 Å².